The maximum Gasteiger partial charge on any atom is 0.243 e. The van der Waals surface area contributed by atoms with E-state index in [2.05, 4.69) is 0 Å². The Hall–Kier alpha value is -3.91. The molecule has 0 saturated carbocycles. The Kier molecular flexibility index (Phi) is 10.8. The summed E-state index contributed by atoms with van der Waals surface area (Å²) >= 11 is 0. The molecule has 0 fully saturated rings. The van der Waals surface area contributed by atoms with Crippen LogP contribution in [0.5, 0.6) is 0 Å². The molecule has 268 valence electrons. The quantitative estimate of drug-likeness (QED) is 0.193. The number of fused-ring (bicyclic) bond motifs is 11. The predicted octanol–water partition coefficient (Wildman–Crippen LogP) is 6.63. The fourth-order valence-corrected chi connectivity index (χ4v) is 10.9. The summed E-state index contributed by atoms with van der Waals surface area (Å²) in [4.78, 5) is 0.448. The van der Waals surface area contributed by atoms with Gasteiger partial charge in [0.05, 0.1) is 14.7 Å². The molecular weight excluding hydrogens is 703 g/mol. The largest absolute Gasteiger partial charge is 0.243 e. The maximum absolute atomic E-state index is 14.2. The van der Waals surface area contributed by atoms with Crippen LogP contribution in [-0.2, 0) is 43.2 Å². The Bertz CT molecular complexity index is 2210. The Balaban J connectivity index is 1.45. The highest BCUT2D eigenvalue weighted by Gasteiger charge is 2.30. The summed E-state index contributed by atoms with van der Waals surface area (Å²) in [5, 5.41) is 1.65. The zero-order chi connectivity index (χ0) is 36.4. The molecule has 2 aliphatic rings. The van der Waals surface area contributed by atoms with Crippen molar-refractivity contribution in [3.63, 3.8) is 0 Å². The van der Waals surface area contributed by atoms with Crippen LogP contribution < -0.4 is 0 Å². The molecule has 0 saturated heterocycles. The lowest BCUT2D eigenvalue weighted by Crippen LogP contribution is -2.38. The lowest BCUT2D eigenvalue weighted by Gasteiger charge is -2.27. The molecule has 2 heterocycles. The van der Waals surface area contributed by atoms with Crippen LogP contribution in [0.1, 0.15) is 40.7 Å². The smallest absolute Gasteiger partial charge is 0.207 e. The summed E-state index contributed by atoms with van der Waals surface area (Å²) in [6.07, 6.45) is 0.440. The van der Waals surface area contributed by atoms with Gasteiger partial charge in [-0.05, 0) is 91.9 Å². The molecule has 0 aromatic heterocycles. The Morgan fingerprint density at radius 3 is 1.02 bits per heavy atom. The summed E-state index contributed by atoms with van der Waals surface area (Å²) in [5.74, 6) is 0. The summed E-state index contributed by atoms with van der Waals surface area (Å²) in [7, 11) is -11.9. The van der Waals surface area contributed by atoms with Crippen LogP contribution in [-0.4, -0.2) is 64.3 Å². The summed E-state index contributed by atoms with van der Waals surface area (Å²) in [5.41, 5.74) is 4.30. The van der Waals surface area contributed by atoms with Gasteiger partial charge in [-0.3, -0.25) is 0 Å². The van der Waals surface area contributed by atoms with E-state index < -0.39 is 30.1 Å². The number of sulfonamides is 3. The van der Waals surface area contributed by atoms with E-state index in [9.17, 15) is 25.3 Å². The maximum atomic E-state index is 14.2. The van der Waals surface area contributed by atoms with E-state index in [0.717, 1.165) is 38.6 Å². The molecule has 0 N–H and O–H groups in total. The fourth-order valence-electron chi connectivity index (χ4n) is 6.42. The van der Waals surface area contributed by atoms with Gasteiger partial charge in [-0.15, -0.1) is 0 Å². The minimum atomic E-state index is -3.99. The number of rotatable bonds is 6. The van der Waals surface area contributed by atoms with Gasteiger partial charge in [-0.2, -0.15) is 12.9 Å². The normalized spacial score (nSPS) is 16.5. The van der Waals surface area contributed by atoms with E-state index >= 15 is 0 Å². The molecule has 0 spiro atoms. The molecule has 7 rings (SSSR count). The standard InChI is InChI=1S/C39H43N3O6S3/c1-30-10-18-35(19-11-30)49(43,44)40-24-6-26-41(50(45,46)36-20-12-31(2)13-21-36)28-33-16-17-34(39-9-5-4-8-38(33)39)29-42(27-7-25-40)51(47,48)37-22-14-32(3)15-23-37/h4-5,8-23H,6-7,24-29H2,1-3H3. The summed E-state index contributed by atoms with van der Waals surface area (Å²) in [6.45, 7) is 5.99. The number of benzene rings is 5. The highest BCUT2D eigenvalue weighted by molar-refractivity contribution is 7.89. The van der Waals surface area contributed by atoms with Crippen LogP contribution in [0.25, 0.3) is 10.8 Å². The Labute approximate surface area is 302 Å². The van der Waals surface area contributed by atoms with Crippen LogP contribution in [0.15, 0.2) is 124 Å². The third kappa shape index (κ3) is 7.96. The van der Waals surface area contributed by atoms with Gasteiger partial charge in [0.2, 0.25) is 30.1 Å². The van der Waals surface area contributed by atoms with E-state index in [0.29, 0.717) is 0 Å². The summed E-state index contributed by atoms with van der Waals surface area (Å²) in [6, 6.07) is 31.4. The second-order valence-electron chi connectivity index (χ2n) is 13.2. The van der Waals surface area contributed by atoms with E-state index in [-0.39, 0.29) is 66.8 Å². The molecule has 0 unspecified atom stereocenters. The van der Waals surface area contributed by atoms with Crippen molar-refractivity contribution in [2.45, 2.75) is 61.4 Å². The monoisotopic (exact) mass is 745 g/mol. The van der Waals surface area contributed by atoms with Gasteiger partial charge < -0.3 is 0 Å². The third-order valence-corrected chi connectivity index (χ3v) is 15.0. The first kappa shape index (κ1) is 36.9. The molecule has 12 heteroatoms. The zero-order valence-corrected chi connectivity index (χ0v) is 31.5. The molecule has 0 radical (unpaired) electrons. The second-order valence-corrected chi connectivity index (χ2v) is 19.0. The molecule has 2 bridgehead atoms. The van der Waals surface area contributed by atoms with Crippen molar-refractivity contribution >= 4 is 40.8 Å². The Morgan fingerprint density at radius 2 is 0.686 bits per heavy atom. The lowest BCUT2D eigenvalue weighted by molar-refractivity contribution is 0.336. The average Bonchev–Trinajstić information content (AvgIpc) is 3.12. The van der Waals surface area contributed by atoms with Crippen molar-refractivity contribution in [2.24, 2.45) is 0 Å². The molecule has 9 nitrogen and oxygen atoms in total. The van der Waals surface area contributed by atoms with Crippen molar-refractivity contribution in [3.8, 4) is 0 Å². The number of aryl methyl sites for hydroxylation is 3. The topological polar surface area (TPSA) is 112 Å². The molecule has 5 aromatic rings. The highest BCUT2D eigenvalue weighted by atomic mass is 32.2. The van der Waals surface area contributed by atoms with E-state index in [1.54, 1.807) is 72.8 Å². The molecule has 5 aromatic carbocycles. The van der Waals surface area contributed by atoms with Crippen molar-refractivity contribution in [2.75, 3.05) is 26.2 Å². The van der Waals surface area contributed by atoms with Gasteiger partial charge in [-0.1, -0.05) is 89.5 Å². The van der Waals surface area contributed by atoms with Gasteiger partial charge in [0, 0.05) is 39.3 Å². The number of hydrogen-bond donors (Lipinski definition) is 0. The molecule has 0 amide bonds. The number of nitrogens with zero attached hydrogens (tertiary/aromatic N) is 3. The molecule has 2 aliphatic heterocycles. The molecular formula is C39H43N3O6S3. The van der Waals surface area contributed by atoms with E-state index in [1.165, 1.54) is 12.9 Å². The first-order valence-corrected chi connectivity index (χ1v) is 21.3. The third-order valence-electron chi connectivity index (χ3n) is 9.40. The minimum Gasteiger partial charge on any atom is -0.207 e. The van der Waals surface area contributed by atoms with Crippen LogP contribution in [0.2, 0.25) is 0 Å². The van der Waals surface area contributed by atoms with Gasteiger partial charge >= 0.3 is 0 Å². The average molecular weight is 746 g/mol. The van der Waals surface area contributed by atoms with Gasteiger partial charge in [0.1, 0.15) is 0 Å². The SMILES string of the molecule is Cc1ccc(S(=O)(=O)N2CCCN(S(=O)(=O)c3ccc(C)cc3)Cc3ccc(c4ccccc34)CN(S(=O)(=O)c3ccc(C)cc3)CCC2)cc1. The lowest BCUT2D eigenvalue weighted by atomic mass is 9.99. The van der Waals surface area contributed by atoms with Crippen LogP contribution in [0.3, 0.4) is 0 Å². The molecule has 51 heavy (non-hydrogen) atoms. The van der Waals surface area contributed by atoms with Crippen LogP contribution >= 0.6 is 0 Å². The fraction of sp³-hybridized carbons (Fsp3) is 0.282. The van der Waals surface area contributed by atoms with Crippen LogP contribution in [0.4, 0.5) is 0 Å². The van der Waals surface area contributed by atoms with Crippen molar-refractivity contribution in [1.29, 1.82) is 0 Å². The van der Waals surface area contributed by atoms with Crippen molar-refractivity contribution in [1.82, 2.24) is 12.9 Å². The van der Waals surface area contributed by atoms with Crippen LogP contribution in [0, 0.1) is 20.8 Å². The minimum absolute atomic E-state index is 0.0416. The van der Waals surface area contributed by atoms with E-state index in [4.69, 9.17) is 0 Å². The zero-order valence-electron chi connectivity index (χ0n) is 29.1. The first-order valence-electron chi connectivity index (χ1n) is 17.0. The van der Waals surface area contributed by atoms with Gasteiger partial charge in [0.15, 0.2) is 0 Å². The number of hydrogen-bond acceptors (Lipinski definition) is 6. The van der Waals surface area contributed by atoms with E-state index in [1.807, 2.05) is 57.2 Å². The van der Waals surface area contributed by atoms with Gasteiger partial charge in [-0.25, -0.2) is 25.3 Å². The highest BCUT2D eigenvalue weighted by Crippen LogP contribution is 2.30. The molecule has 0 atom stereocenters. The Morgan fingerprint density at radius 1 is 0.392 bits per heavy atom. The van der Waals surface area contributed by atoms with Crippen molar-refractivity contribution < 1.29 is 25.3 Å². The van der Waals surface area contributed by atoms with Gasteiger partial charge in [0.25, 0.3) is 0 Å². The second kappa shape index (κ2) is 15.0. The summed E-state index contributed by atoms with van der Waals surface area (Å²) < 4.78 is 89.1. The first-order chi connectivity index (χ1) is 24.3. The predicted molar refractivity (Wildman–Crippen MR) is 201 cm³/mol. The molecule has 0 aliphatic carbocycles. The van der Waals surface area contributed by atoms with Crippen molar-refractivity contribution in [3.05, 3.63) is 137 Å².